The zero-order valence-corrected chi connectivity index (χ0v) is 24.4. The fourth-order valence-corrected chi connectivity index (χ4v) is 6.12. The van der Waals surface area contributed by atoms with Crippen LogP contribution in [0.3, 0.4) is 0 Å². The molecule has 4 aromatic rings. The number of aromatic nitrogens is 2. The van der Waals surface area contributed by atoms with Crippen LogP contribution in [0.2, 0.25) is 0 Å². The van der Waals surface area contributed by atoms with Gasteiger partial charge < -0.3 is 9.26 Å². The van der Waals surface area contributed by atoms with Crippen molar-refractivity contribution in [2.45, 2.75) is 17.9 Å². The Morgan fingerprint density at radius 2 is 1.41 bits per heavy atom. The maximum Gasteiger partial charge on any atom is 0.362 e. The fourth-order valence-electron chi connectivity index (χ4n) is 5.37. The lowest BCUT2D eigenvalue weighted by Crippen LogP contribution is -2.58. The van der Waals surface area contributed by atoms with Crippen LogP contribution in [0, 0.1) is 0 Å². The number of benzene rings is 3. The van der Waals surface area contributed by atoms with Crippen molar-refractivity contribution in [3.63, 3.8) is 0 Å². The largest absolute Gasteiger partial charge is 0.362 e. The van der Waals surface area contributed by atoms with E-state index >= 15 is 0 Å². The maximum absolute atomic E-state index is 12.9. The first kappa shape index (κ1) is 29.2. The van der Waals surface area contributed by atoms with Gasteiger partial charge in [-0.05, 0) is 42.0 Å². The minimum atomic E-state index is -3.58. The molecule has 1 saturated heterocycles. The number of hydrogen-bond acceptors (Lipinski definition) is 6. The summed E-state index contributed by atoms with van der Waals surface area (Å²) in [6.07, 6.45) is -0.00392. The van der Waals surface area contributed by atoms with Gasteiger partial charge in [0.05, 0.1) is 18.2 Å². The molecule has 2 heterocycles. The van der Waals surface area contributed by atoms with Crippen LogP contribution in [0.15, 0.2) is 113 Å². The van der Waals surface area contributed by atoms with Gasteiger partial charge in [0.2, 0.25) is 0 Å². The Morgan fingerprint density at radius 3 is 1.88 bits per heavy atom. The molecule has 1 aliphatic rings. The van der Waals surface area contributed by atoms with Crippen LogP contribution in [0.4, 0.5) is 0 Å². The van der Waals surface area contributed by atoms with E-state index in [0.29, 0.717) is 6.54 Å². The van der Waals surface area contributed by atoms with Crippen LogP contribution in [-0.2, 0) is 19.4 Å². The topological polar surface area (TPSA) is 96.9 Å². The second kappa shape index (κ2) is 12.3. The van der Waals surface area contributed by atoms with Crippen molar-refractivity contribution in [3.8, 4) is 0 Å². The minimum Gasteiger partial charge on any atom is -0.350 e. The van der Waals surface area contributed by atoms with Crippen LogP contribution in [0.25, 0.3) is 0 Å². The monoisotopic (exact) mass is 594 g/mol. The summed E-state index contributed by atoms with van der Waals surface area (Å²) < 4.78 is 27.6. The van der Waals surface area contributed by atoms with E-state index in [4.69, 9.17) is 20.5 Å². The van der Waals surface area contributed by atoms with Gasteiger partial charge in [-0.25, -0.2) is 9.46 Å². The average Bonchev–Trinajstić information content (AvgIpc) is 2.98. The normalized spacial score (nSPS) is 19.6. The van der Waals surface area contributed by atoms with E-state index in [1.807, 2.05) is 54.6 Å². The van der Waals surface area contributed by atoms with Crippen LogP contribution in [-0.4, -0.2) is 59.0 Å². The lowest BCUT2D eigenvalue weighted by Gasteiger charge is -2.50. The minimum absolute atomic E-state index is 0.0848. The van der Waals surface area contributed by atoms with Gasteiger partial charge in [0.1, 0.15) is 0 Å². The first-order chi connectivity index (χ1) is 19.7. The number of rotatable bonds is 9. The van der Waals surface area contributed by atoms with Gasteiger partial charge in [0.15, 0.2) is 6.23 Å². The van der Waals surface area contributed by atoms with Crippen LogP contribution in [0.1, 0.15) is 22.9 Å². The fraction of sp³-hybridized carbons (Fsp3) is 0.267. The van der Waals surface area contributed by atoms with E-state index < -0.39 is 36.0 Å². The summed E-state index contributed by atoms with van der Waals surface area (Å²) in [6, 6.07) is 31.7. The molecule has 0 spiro atoms. The number of ether oxygens (including phenoxy) is 1. The molecule has 1 unspecified atom stereocenters. The molecule has 0 bridgehead atoms. The highest BCUT2D eigenvalue weighted by Crippen LogP contribution is 2.54. The molecule has 9 nitrogen and oxygen atoms in total. The SMILES string of the molecule is CN(C)[P@](=O)(Cl)OC[C@@H]1CN(C(c2ccccc2)(c2ccccc2)c2ccccc2)CC(n2ccc(=O)[nH]c2=O)O1. The zero-order valence-electron chi connectivity index (χ0n) is 22.8. The molecule has 3 aromatic carbocycles. The average molecular weight is 595 g/mol. The van der Waals surface area contributed by atoms with Crippen LogP contribution >= 0.6 is 18.1 Å². The van der Waals surface area contributed by atoms with Gasteiger partial charge in [-0.3, -0.25) is 23.8 Å². The summed E-state index contributed by atoms with van der Waals surface area (Å²) in [7, 11) is 3.16. The first-order valence-corrected chi connectivity index (χ1v) is 15.7. The van der Waals surface area contributed by atoms with E-state index in [9.17, 15) is 14.2 Å². The van der Waals surface area contributed by atoms with Crippen molar-refractivity contribution in [1.82, 2.24) is 19.1 Å². The van der Waals surface area contributed by atoms with E-state index in [2.05, 4.69) is 46.3 Å². The van der Waals surface area contributed by atoms with Crippen molar-refractivity contribution < 1.29 is 13.8 Å². The lowest BCUT2D eigenvalue weighted by atomic mass is 9.75. The summed E-state index contributed by atoms with van der Waals surface area (Å²) in [5.41, 5.74) is 1.15. The van der Waals surface area contributed by atoms with E-state index in [0.717, 1.165) is 16.7 Å². The maximum atomic E-state index is 12.9. The van der Waals surface area contributed by atoms with Crippen molar-refractivity contribution >= 4 is 18.1 Å². The second-order valence-corrected chi connectivity index (χ2v) is 13.3. The lowest BCUT2D eigenvalue weighted by molar-refractivity contribution is -0.148. The second-order valence-electron chi connectivity index (χ2n) is 10.0. The van der Waals surface area contributed by atoms with E-state index in [-0.39, 0.29) is 13.2 Å². The third-order valence-electron chi connectivity index (χ3n) is 7.26. The molecule has 1 aromatic heterocycles. The summed E-state index contributed by atoms with van der Waals surface area (Å²) in [4.78, 5) is 29.4. The van der Waals surface area contributed by atoms with Gasteiger partial charge in [-0.15, -0.1) is 0 Å². The quantitative estimate of drug-likeness (QED) is 0.222. The molecule has 11 heteroatoms. The molecule has 214 valence electrons. The Hall–Kier alpha value is -3.30. The molecule has 5 rings (SSSR count). The summed E-state index contributed by atoms with van der Waals surface area (Å²) in [6.45, 7) is -3.02. The molecule has 1 fully saturated rings. The number of nitrogens with one attached hydrogen (secondary N) is 1. The third kappa shape index (κ3) is 6.02. The highest BCUT2D eigenvalue weighted by molar-refractivity contribution is 7.83. The summed E-state index contributed by atoms with van der Waals surface area (Å²) in [5.74, 6) is 0. The Bertz CT molecular complexity index is 1520. The van der Waals surface area contributed by atoms with Crippen LogP contribution in [0.5, 0.6) is 0 Å². The number of H-pyrrole nitrogens is 1. The third-order valence-corrected chi connectivity index (χ3v) is 9.88. The molecule has 1 aliphatic heterocycles. The molecule has 0 amide bonds. The predicted octanol–water partition coefficient (Wildman–Crippen LogP) is 4.65. The van der Waals surface area contributed by atoms with Crippen molar-refractivity contribution in [2.24, 2.45) is 0 Å². The van der Waals surface area contributed by atoms with Gasteiger partial charge >= 0.3 is 12.6 Å². The Balaban J connectivity index is 1.69. The zero-order chi connectivity index (χ0) is 29.0. The first-order valence-electron chi connectivity index (χ1n) is 13.2. The van der Waals surface area contributed by atoms with Crippen LogP contribution < -0.4 is 11.2 Å². The Labute approximate surface area is 243 Å². The van der Waals surface area contributed by atoms with Gasteiger partial charge in [0, 0.05) is 25.4 Å². The molecule has 3 atom stereocenters. The molecule has 0 radical (unpaired) electrons. The van der Waals surface area contributed by atoms with Gasteiger partial charge in [0.25, 0.3) is 5.56 Å². The number of morpholine rings is 1. The molecule has 1 N–H and O–H groups in total. The van der Waals surface area contributed by atoms with Crippen molar-refractivity contribution in [2.75, 3.05) is 33.8 Å². The molecule has 41 heavy (non-hydrogen) atoms. The number of hydrogen-bond donors (Lipinski definition) is 1. The predicted molar refractivity (Wildman–Crippen MR) is 159 cm³/mol. The molecule has 0 saturated carbocycles. The van der Waals surface area contributed by atoms with Crippen molar-refractivity contribution in [1.29, 1.82) is 0 Å². The number of aromatic amines is 1. The summed E-state index contributed by atoms with van der Waals surface area (Å²) in [5, 5.41) is 0. The number of nitrogens with zero attached hydrogens (tertiary/aromatic N) is 3. The molecule has 0 aliphatic carbocycles. The Morgan fingerprint density at radius 1 is 0.902 bits per heavy atom. The van der Waals surface area contributed by atoms with Crippen molar-refractivity contribution in [3.05, 3.63) is 141 Å². The standard InChI is InChI=1S/C30H32ClN4O5P/c1-33(2)41(31,38)39-22-26-20-34(21-28(40-26)35-19-18-27(36)32-29(35)37)30(23-12-6-3-7-13-23,24-14-8-4-9-15-24)25-16-10-5-11-17-25/h3-19,26,28H,20-22H2,1-2H3,(H,32,36,37)/t26-,28?,41-/m0/s1. The highest BCUT2D eigenvalue weighted by atomic mass is 35.7. The molecular weight excluding hydrogens is 563 g/mol. The highest BCUT2D eigenvalue weighted by Gasteiger charge is 2.46. The smallest absolute Gasteiger partial charge is 0.350 e. The van der Waals surface area contributed by atoms with Gasteiger partial charge in [-0.2, -0.15) is 0 Å². The Kier molecular flexibility index (Phi) is 8.75. The summed E-state index contributed by atoms with van der Waals surface area (Å²) >= 11 is 6.20. The molecular formula is C30H32ClN4O5P. The van der Waals surface area contributed by atoms with E-state index in [1.165, 1.54) is 21.5 Å². The van der Waals surface area contributed by atoms with E-state index in [1.54, 1.807) is 14.1 Å². The van der Waals surface area contributed by atoms with Gasteiger partial charge in [-0.1, -0.05) is 91.0 Å². The number of halogens is 1.